The van der Waals surface area contributed by atoms with E-state index in [0.29, 0.717) is 43.2 Å². The molecule has 2 aliphatic heterocycles. The van der Waals surface area contributed by atoms with E-state index in [9.17, 15) is 9.59 Å². The summed E-state index contributed by atoms with van der Waals surface area (Å²) in [5, 5.41) is 0. The normalized spacial score (nSPS) is 25.3. The standard InChI is InChI=1S/C18H23N3O4/c19-14-3-1-12(9-14)17(22)20-5-7-21(8-6-20)18(23)13-2-4-15-16(10-13)25-11-24-15/h2,4,10,12,14H,1,3,5-9,11,19H2. The van der Waals surface area contributed by atoms with Crippen LogP contribution in [0.15, 0.2) is 18.2 Å². The first kappa shape index (κ1) is 16.2. The van der Waals surface area contributed by atoms with Gasteiger partial charge in [-0.1, -0.05) is 0 Å². The van der Waals surface area contributed by atoms with Crippen molar-refractivity contribution in [3.63, 3.8) is 0 Å². The number of fused-ring (bicyclic) bond motifs is 1. The lowest BCUT2D eigenvalue weighted by Gasteiger charge is -2.36. The SMILES string of the molecule is NC1CCC(C(=O)N2CCN(C(=O)c3ccc4c(c3)OCO4)CC2)C1. The van der Waals surface area contributed by atoms with Crippen LogP contribution in [-0.2, 0) is 4.79 Å². The maximum absolute atomic E-state index is 12.7. The monoisotopic (exact) mass is 345 g/mol. The molecule has 0 aromatic heterocycles. The molecule has 2 heterocycles. The number of nitrogens with zero attached hydrogens (tertiary/aromatic N) is 2. The zero-order valence-corrected chi connectivity index (χ0v) is 14.1. The van der Waals surface area contributed by atoms with Crippen LogP contribution in [0.2, 0.25) is 0 Å². The van der Waals surface area contributed by atoms with Gasteiger partial charge in [-0.15, -0.1) is 0 Å². The summed E-state index contributed by atoms with van der Waals surface area (Å²) in [5.74, 6) is 1.50. The highest BCUT2D eigenvalue weighted by atomic mass is 16.7. The second-order valence-corrected chi connectivity index (χ2v) is 6.96. The van der Waals surface area contributed by atoms with E-state index in [-0.39, 0.29) is 30.6 Å². The van der Waals surface area contributed by atoms with Gasteiger partial charge in [0.15, 0.2) is 11.5 Å². The Kier molecular flexibility index (Phi) is 4.25. The topological polar surface area (TPSA) is 85.1 Å². The molecule has 2 amide bonds. The molecule has 0 radical (unpaired) electrons. The van der Waals surface area contributed by atoms with Crippen LogP contribution in [0, 0.1) is 5.92 Å². The molecule has 3 aliphatic rings. The Bertz CT molecular complexity index is 685. The van der Waals surface area contributed by atoms with Gasteiger partial charge in [0.25, 0.3) is 5.91 Å². The Morgan fingerprint density at radius 2 is 1.72 bits per heavy atom. The second-order valence-electron chi connectivity index (χ2n) is 6.96. The van der Waals surface area contributed by atoms with Gasteiger partial charge in [-0.3, -0.25) is 9.59 Å². The third kappa shape index (κ3) is 3.16. The first-order valence-corrected chi connectivity index (χ1v) is 8.85. The van der Waals surface area contributed by atoms with Crippen LogP contribution in [0.25, 0.3) is 0 Å². The molecule has 4 rings (SSSR count). The van der Waals surface area contributed by atoms with Gasteiger partial charge in [-0.05, 0) is 37.5 Å². The molecule has 1 aliphatic carbocycles. The van der Waals surface area contributed by atoms with Gasteiger partial charge in [-0.25, -0.2) is 0 Å². The Hall–Kier alpha value is -2.28. The lowest BCUT2D eigenvalue weighted by molar-refractivity contribution is -0.136. The van der Waals surface area contributed by atoms with E-state index < -0.39 is 0 Å². The molecule has 7 heteroatoms. The van der Waals surface area contributed by atoms with Gasteiger partial charge >= 0.3 is 0 Å². The maximum atomic E-state index is 12.7. The van der Waals surface area contributed by atoms with E-state index in [1.807, 2.05) is 4.90 Å². The number of piperazine rings is 1. The summed E-state index contributed by atoms with van der Waals surface area (Å²) in [4.78, 5) is 28.9. The largest absolute Gasteiger partial charge is 0.454 e. The van der Waals surface area contributed by atoms with Crippen LogP contribution in [0.5, 0.6) is 11.5 Å². The highest BCUT2D eigenvalue weighted by molar-refractivity contribution is 5.95. The van der Waals surface area contributed by atoms with Crippen molar-refractivity contribution >= 4 is 11.8 Å². The number of carbonyl (C=O) groups excluding carboxylic acids is 2. The highest BCUT2D eigenvalue weighted by Gasteiger charge is 2.33. The quantitative estimate of drug-likeness (QED) is 0.858. The predicted molar refractivity (Wildman–Crippen MR) is 90.4 cm³/mol. The van der Waals surface area contributed by atoms with Crippen LogP contribution in [0.3, 0.4) is 0 Å². The predicted octanol–water partition coefficient (Wildman–Crippen LogP) is 0.827. The van der Waals surface area contributed by atoms with Crippen LogP contribution in [0.1, 0.15) is 29.6 Å². The molecular weight excluding hydrogens is 322 g/mol. The number of ether oxygens (including phenoxy) is 2. The van der Waals surface area contributed by atoms with E-state index in [4.69, 9.17) is 15.2 Å². The average molecular weight is 345 g/mol. The molecule has 0 spiro atoms. The summed E-state index contributed by atoms with van der Waals surface area (Å²) in [5.41, 5.74) is 6.50. The van der Waals surface area contributed by atoms with Crippen molar-refractivity contribution in [2.75, 3.05) is 33.0 Å². The van der Waals surface area contributed by atoms with Gasteiger partial charge in [0, 0.05) is 43.7 Å². The van der Waals surface area contributed by atoms with Gasteiger partial charge in [0.05, 0.1) is 0 Å². The van der Waals surface area contributed by atoms with E-state index >= 15 is 0 Å². The number of benzene rings is 1. The van der Waals surface area contributed by atoms with Crippen molar-refractivity contribution in [2.24, 2.45) is 11.7 Å². The smallest absolute Gasteiger partial charge is 0.254 e. The Labute approximate surface area is 146 Å². The molecule has 7 nitrogen and oxygen atoms in total. The van der Waals surface area contributed by atoms with Crippen molar-refractivity contribution in [2.45, 2.75) is 25.3 Å². The number of amides is 2. The molecule has 2 atom stereocenters. The van der Waals surface area contributed by atoms with Crippen LogP contribution < -0.4 is 15.2 Å². The summed E-state index contributed by atoms with van der Waals surface area (Å²) < 4.78 is 10.6. The molecule has 0 bridgehead atoms. The van der Waals surface area contributed by atoms with E-state index in [1.54, 1.807) is 23.1 Å². The molecule has 2 unspecified atom stereocenters. The molecule has 134 valence electrons. The number of rotatable bonds is 2. The summed E-state index contributed by atoms with van der Waals surface area (Å²) in [6.45, 7) is 2.47. The molecule has 1 saturated carbocycles. The molecule has 2 fully saturated rings. The summed E-state index contributed by atoms with van der Waals surface area (Å²) in [6.07, 6.45) is 2.60. The van der Waals surface area contributed by atoms with Gasteiger partial charge in [0.1, 0.15) is 0 Å². The van der Waals surface area contributed by atoms with Crippen molar-refractivity contribution in [3.05, 3.63) is 23.8 Å². The van der Waals surface area contributed by atoms with E-state index in [1.165, 1.54) is 0 Å². The first-order chi connectivity index (χ1) is 12.1. The lowest BCUT2D eigenvalue weighted by Crippen LogP contribution is -2.51. The number of nitrogens with two attached hydrogens (primary N) is 1. The summed E-state index contributed by atoms with van der Waals surface area (Å²) >= 11 is 0. The summed E-state index contributed by atoms with van der Waals surface area (Å²) in [7, 11) is 0. The van der Waals surface area contributed by atoms with Crippen molar-refractivity contribution in [1.29, 1.82) is 0 Å². The minimum absolute atomic E-state index is 0.0340. The van der Waals surface area contributed by atoms with Crippen molar-refractivity contribution in [1.82, 2.24) is 9.80 Å². The van der Waals surface area contributed by atoms with Gasteiger partial charge in [-0.2, -0.15) is 0 Å². The third-order valence-electron chi connectivity index (χ3n) is 5.32. The minimum Gasteiger partial charge on any atom is -0.454 e. The fourth-order valence-corrected chi connectivity index (χ4v) is 3.84. The van der Waals surface area contributed by atoms with Gasteiger partial charge < -0.3 is 25.0 Å². The average Bonchev–Trinajstić information content (AvgIpc) is 3.28. The molecule has 1 saturated heterocycles. The second kappa shape index (κ2) is 6.55. The third-order valence-corrected chi connectivity index (χ3v) is 5.32. The number of hydrogen-bond acceptors (Lipinski definition) is 5. The van der Waals surface area contributed by atoms with E-state index in [2.05, 4.69) is 0 Å². The number of carbonyl (C=O) groups is 2. The van der Waals surface area contributed by atoms with E-state index in [0.717, 1.165) is 19.3 Å². The fraction of sp³-hybridized carbons (Fsp3) is 0.556. The Morgan fingerprint density at radius 3 is 2.44 bits per heavy atom. The lowest BCUT2D eigenvalue weighted by atomic mass is 10.1. The van der Waals surface area contributed by atoms with Crippen LogP contribution in [-0.4, -0.2) is 60.6 Å². The number of hydrogen-bond donors (Lipinski definition) is 1. The zero-order chi connectivity index (χ0) is 17.4. The van der Waals surface area contributed by atoms with Crippen molar-refractivity contribution < 1.29 is 19.1 Å². The first-order valence-electron chi connectivity index (χ1n) is 8.85. The highest BCUT2D eigenvalue weighted by Crippen LogP contribution is 2.33. The molecule has 1 aromatic carbocycles. The maximum Gasteiger partial charge on any atom is 0.254 e. The Morgan fingerprint density at radius 1 is 1.00 bits per heavy atom. The fourth-order valence-electron chi connectivity index (χ4n) is 3.84. The van der Waals surface area contributed by atoms with Crippen LogP contribution in [0.4, 0.5) is 0 Å². The molecule has 1 aromatic rings. The zero-order valence-electron chi connectivity index (χ0n) is 14.1. The van der Waals surface area contributed by atoms with Gasteiger partial charge in [0.2, 0.25) is 12.7 Å². The summed E-state index contributed by atoms with van der Waals surface area (Å²) in [6, 6.07) is 5.40. The Balaban J connectivity index is 1.35. The van der Waals surface area contributed by atoms with Crippen LogP contribution >= 0.6 is 0 Å². The van der Waals surface area contributed by atoms with Crippen molar-refractivity contribution in [3.8, 4) is 11.5 Å². The minimum atomic E-state index is -0.0340. The molecule has 2 N–H and O–H groups in total. The molecule has 25 heavy (non-hydrogen) atoms. The molecular formula is C18H23N3O4.